The number of rotatable bonds is 7. The standard InChI is InChI=1S/C28H34FN7O4/c1-17-12-33(7-8-35(17)19-15-40-16-19)23-10-20-18(13-34(27(20)38)14-24(29)28(2,3)39)9-22(23)32-26(37)21-11-31-36-6-4-5-30-25(21)36/h4-6,9-11,17,19,24,39H,7-8,12-16H2,1-3H3,(H,32,37)/t17-,24+/m0/s1. The number of carbonyl (C=O) groups excluding carboxylic acids is 2. The molecule has 11 nitrogen and oxygen atoms in total. The lowest BCUT2D eigenvalue weighted by Crippen LogP contribution is -2.60. The minimum absolute atomic E-state index is 0.192. The van der Waals surface area contributed by atoms with Gasteiger partial charge in [-0.2, -0.15) is 5.10 Å². The third-order valence-corrected chi connectivity index (χ3v) is 8.13. The molecule has 0 aliphatic carbocycles. The lowest BCUT2D eigenvalue weighted by molar-refractivity contribution is -0.0792. The van der Waals surface area contributed by atoms with Crippen molar-refractivity contribution in [3.63, 3.8) is 0 Å². The normalized spacial score (nSPS) is 21.0. The summed E-state index contributed by atoms with van der Waals surface area (Å²) in [5.41, 5.74) is 1.69. The predicted molar refractivity (Wildman–Crippen MR) is 146 cm³/mol. The number of fused-ring (bicyclic) bond motifs is 2. The Morgan fingerprint density at radius 3 is 2.80 bits per heavy atom. The topological polar surface area (TPSA) is 116 Å². The zero-order valence-electron chi connectivity index (χ0n) is 22.9. The number of carbonyl (C=O) groups is 2. The molecule has 40 heavy (non-hydrogen) atoms. The number of piperazine rings is 1. The van der Waals surface area contributed by atoms with Crippen LogP contribution in [0.15, 0.2) is 36.8 Å². The van der Waals surface area contributed by atoms with E-state index >= 15 is 0 Å². The van der Waals surface area contributed by atoms with Crippen LogP contribution in [0, 0.1) is 0 Å². The maximum absolute atomic E-state index is 14.7. The molecule has 3 aliphatic heterocycles. The molecule has 3 aliphatic rings. The minimum Gasteiger partial charge on any atom is -0.387 e. The molecular weight excluding hydrogens is 517 g/mol. The molecule has 0 saturated carbocycles. The molecule has 6 rings (SSSR count). The molecule has 12 heteroatoms. The van der Waals surface area contributed by atoms with Gasteiger partial charge in [-0.25, -0.2) is 13.9 Å². The van der Waals surface area contributed by atoms with E-state index in [1.165, 1.54) is 29.5 Å². The molecule has 2 amide bonds. The van der Waals surface area contributed by atoms with Crippen LogP contribution in [0.25, 0.3) is 5.65 Å². The van der Waals surface area contributed by atoms with Crippen LogP contribution in [-0.4, -0.2) is 105 Å². The van der Waals surface area contributed by atoms with Crippen LogP contribution in [-0.2, 0) is 11.3 Å². The summed E-state index contributed by atoms with van der Waals surface area (Å²) >= 11 is 0. The number of alkyl halides is 1. The van der Waals surface area contributed by atoms with Gasteiger partial charge in [0.15, 0.2) is 5.65 Å². The summed E-state index contributed by atoms with van der Waals surface area (Å²) in [6.45, 7) is 8.65. The Kier molecular flexibility index (Phi) is 6.71. The highest BCUT2D eigenvalue weighted by Crippen LogP contribution is 2.37. The van der Waals surface area contributed by atoms with E-state index in [4.69, 9.17) is 4.74 Å². The largest absolute Gasteiger partial charge is 0.387 e. The Morgan fingerprint density at radius 2 is 2.10 bits per heavy atom. The Bertz CT molecular complexity index is 1450. The van der Waals surface area contributed by atoms with E-state index in [-0.39, 0.29) is 30.9 Å². The van der Waals surface area contributed by atoms with Crippen molar-refractivity contribution in [1.29, 1.82) is 0 Å². The van der Waals surface area contributed by atoms with Crippen LogP contribution in [0.4, 0.5) is 15.8 Å². The molecule has 2 atom stereocenters. The van der Waals surface area contributed by atoms with Crippen LogP contribution < -0.4 is 10.2 Å². The number of aromatic nitrogens is 3. The molecule has 3 aromatic rings. The molecule has 212 valence electrons. The highest BCUT2D eigenvalue weighted by atomic mass is 19.1. The number of nitrogens with one attached hydrogen (secondary N) is 1. The van der Waals surface area contributed by atoms with E-state index < -0.39 is 11.8 Å². The molecule has 0 spiro atoms. The summed E-state index contributed by atoms with van der Waals surface area (Å²) in [6.07, 6.45) is 3.21. The highest BCUT2D eigenvalue weighted by Gasteiger charge is 2.37. The first-order valence-electron chi connectivity index (χ1n) is 13.6. The van der Waals surface area contributed by atoms with E-state index in [1.807, 2.05) is 12.1 Å². The number of amides is 2. The Balaban J connectivity index is 1.31. The van der Waals surface area contributed by atoms with Gasteiger partial charge in [0.25, 0.3) is 11.8 Å². The lowest BCUT2D eigenvalue weighted by Gasteiger charge is -2.47. The van der Waals surface area contributed by atoms with Gasteiger partial charge >= 0.3 is 0 Å². The first-order chi connectivity index (χ1) is 19.1. The fourth-order valence-electron chi connectivity index (χ4n) is 5.66. The molecule has 0 unspecified atom stereocenters. The summed E-state index contributed by atoms with van der Waals surface area (Å²) in [4.78, 5) is 37.1. The molecule has 2 N–H and O–H groups in total. The average Bonchev–Trinajstić information content (AvgIpc) is 3.44. The smallest absolute Gasteiger partial charge is 0.261 e. The van der Waals surface area contributed by atoms with Crippen LogP contribution in [0.2, 0.25) is 0 Å². The second-order valence-electron chi connectivity index (χ2n) is 11.5. The van der Waals surface area contributed by atoms with Gasteiger partial charge in [-0.15, -0.1) is 0 Å². The third-order valence-electron chi connectivity index (χ3n) is 8.13. The van der Waals surface area contributed by atoms with Crippen LogP contribution in [0.1, 0.15) is 47.1 Å². The number of ether oxygens (including phenoxy) is 1. The summed E-state index contributed by atoms with van der Waals surface area (Å²) in [7, 11) is 0. The Hall–Kier alpha value is -3.61. The van der Waals surface area contributed by atoms with Crippen molar-refractivity contribution in [3.8, 4) is 0 Å². The van der Waals surface area contributed by atoms with Crippen molar-refractivity contribution in [2.45, 2.75) is 51.2 Å². The summed E-state index contributed by atoms with van der Waals surface area (Å²) < 4.78 is 21.6. The van der Waals surface area contributed by atoms with Gasteiger partial charge in [0, 0.05) is 50.2 Å². The van der Waals surface area contributed by atoms with Gasteiger partial charge in [0.05, 0.1) is 49.0 Å². The summed E-state index contributed by atoms with van der Waals surface area (Å²) in [6, 6.07) is 6.02. The number of nitrogens with zero attached hydrogens (tertiary/aromatic N) is 6. The van der Waals surface area contributed by atoms with E-state index in [0.29, 0.717) is 47.2 Å². The van der Waals surface area contributed by atoms with Gasteiger partial charge in [0.1, 0.15) is 11.7 Å². The number of aliphatic hydroxyl groups is 1. The van der Waals surface area contributed by atoms with Crippen LogP contribution >= 0.6 is 0 Å². The van der Waals surface area contributed by atoms with Crippen molar-refractivity contribution < 1.29 is 23.8 Å². The van der Waals surface area contributed by atoms with Gasteiger partial charge in [-0.1, -0.05) is 0 Å². The molecular formula is C28H34FN7O4. The van der Waals surface area contributed by atoms with Crippen molar-refractivity contribution >= 4 is 28.8 Å². The Labute approximate surface area is 231 Å². The highest BCUT2D eigenvalue weighted by molar-refractivity contribution is 6.10. The predicted octanol–water partition coefficient (Wildman–Crippen LogP) is 1.96. The first-order valence-corrected chi connectivity index (χ1v) is 13.6. The molecule has 0 bridgehead atoms. The number of benzene rings is 1. The quantitative estimate of drug-likeness (QED) is 0.458. The van der Waals surface area contributed by atoms with Gasteiger partial charge in [-0.3, -0.25) is 14.5 Å². The number of hydrogen-bond acceptors (Lipinski definition) is 8. The molecule has 2 fully saturated rings. The second kappa shape index (κ2) is 10.1. The molecule has 0 radical (unpaired) electrons. The third kappa shape index (κ3) is 4.80. The first kappa shape index (κ1) is 26.6. The second-order valence-corrected chi connectivity index (χ2v) is 11.5. The van der Waals surface area contributed by atoms with Gasteiger partial charge < -0.3 is 25.0 Å². The molecule has 5 heterocycles. The van der Waals surface area contributed by atoms with E-state index in [9.17, 15) is 19.1 Å². The number of anilines is 2. The maximum Gasteiger partial charge on any atom is 0.261 e. The van der Waals surface area contributed by atoms with Gasteiger partial charge in [0.2, 0.25) is 0 Å². The van der Waals surface area contributed by atoms with Crippen LogP contribution in [0.3, 0.4) is 0 Å². The zero-order valence-corrected chi connectivity index (χ0v) is 22.9. The SMILES string of the molecule is C[C@H]1CN(c2cc3c(cc2NC(=O)c2cnn4cccnc24)CN(C[C@@H](F)C(C)(C)O)C3=O)CCN1C1COC1. The van der Waals surface area contributed by atoms with Crippen LogP contribution in [0.5, 0.6) is 0 Å². The van der Waals surface area contributed by atoms with Crippen molar-refractivity contribution in [3.05, 3.63) is 53.5 Å². The van der Waals surface area contributed by atoms with Crippen molar-refractivity contribution in [2.24, 2.45) is 0 Å². The molecule has 2 saturated heterocycles. The Morgan fingerprint density at radius 1 is 1.30 bits per heavy atom. The van der Waals surface area contributed by atoms with E-state index in [1.54, 1.807) is 18.5 Å². The van der Waals surface area contributed by atoms with E-state index in [2.05, 4.69) is 32.1 Å². The maximum atomic E-state index is 14.7. The number of hydrogen-bond donors (Lipinski definition) is 2. The van der Waals surface area contributed by atoms with Crippen molar-refractivity contribution in [2.75, 3.05) is 49.6 Å². The summed E-state index contributed by atoms with van der Waals surface area (Å²) in [5.74, 6) is -0.647. The average molecular weight is 552 g/mol. The van der Waals surface area contributed by atoms with Crippen molar-refractivity contribution in [1.82, 2.24) is 24.4 Å². The lowest BCUT2D eigenvalue weighted by atomic mass is 10.0. The fraction of sp³-hybridized carbons (Fsp3) is 0.500. The van der Waals surface area contributed by atoms with Gasteiger partial charge in [-0.05, 0) is 44.5 Å². The van der Waals surface area contributed by atoms with E-state index in [0.717, 1.165) is 25.4 Å². The minimum atomic E-state index is -1.60. The monoisotopic (exact) mass is 551 g/mol. The number of halogens is 1. The fourth-order valence-corrected chi connectivity index (χ4v) is 5.66. The zero-order chi connectivity index (χ0) is 28.2. The molecule has 1 aromatic carbocycles. The summed E-state index contributed by atoms with van der Waals surface area (Å²) in [5, 5.41) is 17.4. The molecule has 2 aromatic heterocycles.